The quantitative estimate of drug-likeness (QED) is 0.795. The van der Waals surface area contributed by atoms with E-state index in [0.29, 0.717) is 0 Å². The maximum atomic E-state index is 4.40. The number of aryl methyl sites for hydroxylation is 2. The van der Waals surface area contributed by atoms with Crippen molar-refractivity contribution in [3.05, 3.63) is 58.0 Å². The number of rotatable bonds is 3. The zero-order valence-electron chi connectivity index (χ0n) is 11.4. The molecule has 0 aliphatic rings. The molecule has 3 rings (SSSR count). The fourth-order valence-corrected chi connectivity index (χ4v) is 2.62. The summed E-state index contributed by atoms with van der Waals surface area (Å²) in [5.41, 5.74) is 5.30. The fraction of sp³-hybridized carbons (Fsp3) is 0.200. The highest BCUT2D eigenvalue weighted by Gasteiger charge is 2.02. The minimum atomic E-state index is 0.727. The van der Waals surface area contributed by atoms with Crippen LogP contribution in [0.25, 0.3) is 5.65 Å². The third-order valence-corrected chi connectivity index (χ3v) is 3.65. The molecule has 1 N–H and O–H groups in total. The van der Waals surface area contributed by atoms with E-state index in [1.54, 1.807) is 0 Å². The second kappa shape index (κ2) is 5.25. The predicted molar refractivity (Wildman–Crippen MR) is 83.9 cm³/mol. The number of nitrogens with zero attached hydrogens (tertiary/aromatic N) is 3. The van der Waals surface area contributed by atoms with E-state index < -0.39 is 0 Å². The lowest BCUT2D eigenvalue weighted by Gasteiger charge is -2.09. The van der Waals surface area contributed by atoms with Crippen molar-refractivity contribution in [2.24, 2.45) is 0 Å². The molecular formula is C15H15BrN4. The Hall–Kier alpha value is -1.88. The first-order valence-electron chi connectivity index (χ1n) is 6.43. The molecule has 3 aromatic rings. The fourth-order valence-electron chi connectivity index (χ4n) is 2.15. The van der Waals surface area contributed by atoms with Crippen LogP contribution in [0, 0.1) is 13.8 Å². The van der Waals surface area contributed by atoms with Gasteiger partial charge in [0, 0.05) is 40.7 Å². The van der Waals surface area contributed by atoms with Gasteiger partial charge in [-0.3, -0.25) is 0 Å². The number of hydrogen-bond donors (Lipinski definition) is 1. The van der Waals surface area contributed by atoms with Gasteiger partial charge < -0.3 is 5.32 Å². The summed E-state index contributed by atoms with van der Waals surface area (Å²) in [6.45, 7) is 4.79. The third kappa shape index (κ3) is 2.67. The molecule has 2 aromatic heterocycles. The minimum Gasteiger partial charge on any atom is -0.381 e. The molecule has 0 aliphatic heterocycles. The molecule has 0 fully saturated rings. The van der Waals surface area contributed by atoms with Crippen LogP contribution < -0.4 is 5.32 Å². The van der Waals surface area contributed by atoms with E-state index in [2.05, 4.69) is 50.4 Å². The average molecular weight is 331 g/mol. The molecule has 4 nitrogen and oxygen atoms in total. The Kier molecular flexibility index (Phi) is 3.44. The van der Waals surface area contributed by atoms with Gasteiger partial charge in [0.1, 0.15) is 0 Å². The topological polar surface area (TPSA) is 42.2 Å². The molecule has 0 unspecified atom stereocenters. The van der Waals surface area contributed by atoms with Gasteiger partial charge in [-0.25, -0.2) is 9.50 Å². The molecule has 0 radical (unpaired) electrons. The van der Waals surface area contributed by atoms with Gasteiger partial charge in [0.2, 0.25) is 0 Å². The van der Waals surface area contributed by atoms with E-state index >= 15 is 0 Å². The van der Waals surface area contributed by atoms with Crippen molar-refractivity contribution < 1.29 is 0 Å². The first-order valence-corrected chi connectivity index (χ1v) is 7.22. The monoisotopic (exact) mass is 330 g/mol. The molecule has 0 bridgehead atoms. The minimum absolute atomic E-state index is 0.727. The van der Waals surface area contributed by atoms with Crippen LogP contribution in [0.2, 0.25) is 0 Å². The Balaban J connectivity index is 1.79. The van der Waals surface area contributed by atoms with Gasteiger partial charge in [-0.15, -0.1) is 0 Å². The summed E-state index contributed by atoms with van der Waals surface area (Å²) in [5.74, 6) is 0. The van der Waals surface area contributed by atoms with E-state index in [0.717, 1.165) is 33.6 Å². The van der Waals surface area contributed by atoms with Crippen molar-refractivity contribution in [3.8, 4) is 0 Å². The van der Waals surface area contributed by atoms with E-state index in [4.69, 9.17) is 0 Å². The van der Waals surface area contributed by atoms with Crippen LogP contribution in [0.1, 0.15) is 16.8 Å². The highest BCUT2D eigenvalue weighted by Crippen LogP contribution is 2.20. The summed E-state index contributed by atoms with van der Waals surface area (Å²) >= 11 is 3.47. The number of hydrogen-bond acceptors (Lipinski definition) is 3. The summed E-state index contributed by atoms with van der Waals surface area (Å²) in [6.07, 6.45) is 3.90. The molecule has 0 atom stereocenters. The Morgan fingerprint density at radius 2 is 2.10 bits per heavy atom. The number of benzene rings is 1. The van der Waals surface area contributed by atoms with Gasteiger partial charge in [-0.05, 0) is 37.6 Å². The molecule has 5 heteroatoms. The van der Waals surface area contributed by atoms with Crippen molar-refractivity contribution in [2.75, 3.05) is 5.32 Å². The molecule has 0 aliphatic carbocycles. The second-order valence-corrected chi connectivity index (χ2v) is 5.78. The van der Waals surface area contributed by atoms with Crippen LogP contribution in [0.15, 0.2) is 41.1 Å². The van der Waals surface area contributed by atoms with Gasteiger partial charge in [-0.1, -0.05) is 15.9 Å². The van der Waals surface area contributed by atoms with Crippen LogP contribution in [-0.4, -0.2) is 14.6 Å². The maximum absolute atomic E-state index is 4.40. The van der Waals surface area contributed by atoms with Crippen LogP contribution in [0.5, 0.6) is 0 Å². The molecule has 20 heavy (non-hydrogen) atoms. The van der Waals surface area contributed by atoms with Crippen molar-refractivity contribution in [3.63, 3.8) is 0 Å². The van der Waals surface area contributed by atoms with E-state index in [-0.39, 0.29) is 0 Å². The normalized spacial score (nSPS) is 10.9. The van der Waals surface area contributed by atoms with Crippen molar-refractivity contribution in [1.82, 2.24) is 14.6 Å². The highest BCUT2D eigenvalue weighted by molar-refractivity contribution is 9.10. The van der Waals surface area contributed by atoms with E-state index in [1.807, 2.05) is 36.0 Å². The number of fused-ring (bicyclic) bond motifs is 1. The smallest absolute Gasteiger partial charge is 0.155 e. The largest absolute Gasteiger partial charge is 0.381 e. The zero-order valence-corrected chi connectivity index (χ0v) is 13.0. The highest BCUT2D eigenvalue weighted by atomic mass is 79.9. The number of anilines is 1. The molecule has 0 amide bonds. The summed E-state index contributed by atoms with van der Waals surface area (Å²) in [4.78, 5) is 4.40. The lowest BCUT2D eigenvalue weighted by molar-refractivity contribution is 0.895. The lowest BCUT2D eigenvalue weighted by Crippen LogP contribution is -2.03. The Labute approximate surface area is 126 Å². The SMILES string of the molecule is Cc1cc2ncc(CNc3ccc(Br)cc3C)cn2n1. The van der Waals surface area contributed by atoms with Crippen molar-refractivity contribution in [1.29, 1.82) is 0 Å². The first kappa shape index (κ1) is 13.1. The van der Waals surface area contributed by atoms with Gasteiger partial charge in [0.05, 0.1) is 5.69 Å². The molecule has 0 spiro atoms. The van der Waals surface area contributed by atoms with Gasteiger partial charge in [0.15, 0.2) is 5.65 Å². The summed E-state index contributed by atoms with van der Waals surface area (Å²) in [5, 5.41) is 7.80. The lowest BCUT2D eigenvalue weighted by atomic mass is 10.2. The van der Waals surface area contributed by atoms with E-state index in [1.165, 1.54) is 5.56 Å². The maximum Gasteiger partial charge on any atom is 0.155 e. The average Bonchev–Trinajstić information content (AvgIpc) is 2.77. The third-order valence-electron chi connectivity index (χ3n) is 3.16. The van der Waals surface area contributed by atoms with Crippen LogP contribution in [-0.2, 0) is 6.54 Å². The van der Waals surface area contributed by atoms with Crippen LogP contribution in [0.3, 0.4) is 0 Å². The second-order valence-electron chi connectivity index (χ2n) is 4.86. The Morgan fingerprint density at radius 3 is 2.90 bits per heavy atom. The number of nitrogens with one attached hydrogen (secondary N) is 1. The summed E-state index contributed by atoms with van der Waals surface area (Å²) in [7, 11) is 0. The Bertz CT molecular complexity index is 764. The molecule has 1 aromatic carbocycles. The standard InChI is InChI=1S/C15H15BrN4/c1-10-5-13(16)3-4-14(10)17-7-12-8-18-15-6-11(2)19-20(15)9-12/h3-6,8-9,17H,7H2,1-2H3. The van der Waals surface area contributed by atoms with Gasteiger partial charge >= 0.3 is 0 Å². The molecular weight excluding hydrogens is 316 g/mol. The van der Waals surface area contributed by atoms with Crippen LogP contribution >= 0.6 is 15.9 Å². The van der Waals surface area contributed by atoms with Crippen molar-refractivity contribution >= 4 is 27.3 Å². The number of halogens is 1. The molecule has 102 valence electrons. The summed E-state index contributed by atoms with van der Waals surface area (Å²) in [6, 6.07) is 8.17. The zero-order chi connectivity index (χ0) is 14.1. The molecule has 2 heterocycles. The van der Waals surface area contributed by atoms with E-state index in [9.17, 15) is 0 Å². The number of aromatic nitrogens is 3. The molecule has 0 saturated carbocycles. The van der Waals surface area contributed by atoms with Crippen molar-refractivity contribution in [2.45, 2.75) is 20.4 Å². The summed E-state index contributed by atoms with van der Waals surface area (Å²) < 4.78 is 2.91. The molecule has 0 saturated heterocycles. The van der Waals surface area contributed by atoms with Gasteiger partial charge in [-0.2, -0.15) is 5.10 Å². The van der Waals surface area contributed by atoms with Crippen LogP contribution in [0.4, 0.5) is 5.69 Å². The predicted octanol–water partition coefficient (Wildman–Crippen LogP) is 3.72. The Morgan fingerprint density at radius 1 is 1.25 bits per heavy atom. The first-order chi connectivity index (χ1) is 9.61. The van der Waals surface area contributed by atoms with Gasteiger partial charge in [0.25, 0.3) is 0 Å².